The van der Waals surface area contributed by atoms with Crippen molar-refractivity contribution in [2.24, 2.45) is 0 Å². The van der Waals surface area contributed by atoms with Gasteiger partial charge in [-0.2, -0.15) is 4.98 Å². The molecule has 116 valence electrons. The maximum Gasteiger partial charge on any atom is 0.227 e. The molecule has 1 aromatic carbocycles. The highest BCUT2D eigenvalue weighted by Gasteiger charge is 2.17. The maximum atomic E-state index is 14.4. The molecule has 2 heterocycles. The predicted octanol–water partition coefficient (Wildman–Crippen LogP) is 1.73. The summed E-state index contributed by atoms with van der Waals surface area (Å²) in [5.74, 6) is 0.332. The van der Waals surface area contributed by atoms with E-state index in [4.69, 9.17) is 4.52 Å². The van der Waals surface area contributed by atoms with Gasteiger partial charge >= 0.3 is 0 Å². The first-order chi connectivity index (χ1) is 10.6. The molecule has 7 heteroatoms. The fourth-order valence-corrected chi connectivity index (χ4v) is 2.50. The number of nitrogens with zero attached hydrogens (tertiary/aromatic N) is 2. The number of amides is 1. The van der Waals surface area contributed by atoms with Gasteiger partial charge in [0.2, 0.25) is 11.8 Å². The molecule has 0 radical (unpaired) electrons. The van der Waals surface area contributed by atoms with Crippen LogP contribution >= 0.6 is 0 Å². The van der Waals surface area contributed by atoms with Gasteiger partial charge in [-0.1, -0.05) is 11.2 Å². The summed E-state index contributed by atoms with van der Waals surface area (Å²) in [6.07, 6.45) is 1.13. The molecule has 0 fully saturated rings. The minimum atomic E-state index is -0.332. The standard InChI is InChI=1S/C15H17FN4O2/c1-9-18-14(22-20-9)5-4-13(21)19-12-3-2-10-8-17-7-6-11(10)15(12)16/h2-3,17H,4-8H2,1H3,(H,19,21). The van der Waals surface area contributed by atoms with Gasteiger partial charge in [0.05, 0.1) is 5.69 Å². The second kappa shape index (κ2) is 6.23. The zero-order chi connectivity index (χ0) is 15.5. The fourth-order valence-electron chi connectivity index (χ4n) is 2.50. The molecule has 0 unspecified atom stereocenters. The number of aromatic nitrogens is 2. The van der Waals surface area contributed by atoms with Crippen LogP contribution in [0.3, 0.4) is 0 Å². The van der Waals surface area contributed by atoms with Gasteiger partial charge in [0, 0.05) is 19.4 Å². The van der Waals surface area contributed by atoms with E-state index in [2.05, 4.69) is 20.8 Å². The van der Waals surface area contributed by atoms with Crippen LogP contribution in [0.25, 0.3) is 0 Å². The van der Waals surface area contributed by atoms with Crippen LogP contribution in [0.2, 0.25) is 0 Å². The van der Waals surface area contributed by atoms with Crippen molar-refractivity contribution < 1.29 is 13.7 Å². The number of anilines is 1. The third kappa shape index (κ3) is 3.14. The van der Waals surface area contributed by atoms with E-state index in [1.807, 2.05) is 6.07 Å². The molecule has 0 saturated carbocycles. The molecule has 1 aliphatic heterocycles. The van der Waals surface area contributed by atoms with Crippen molar-refractivity contribution >= 4 is 11.6 Å². The van der Waals surface area contributed by atoms with Gasteiger partial charge in [-0.15, -0.1) is 0 Å². The van der Waals surface area contributed by atoms with E-state index in [0.717, 1.165) is 12.1 Å². The van der Waals surface area contributed by atoms with Crippen LogP contribution in [0.1, 0.15) is 29.3 Å². The van der Waals surface area contributed by atoms with Crippen molar-refractivity contribution in [3.63, 3.8) is 0 Å². The van der Waals surface area contributed by atoms with Crippen molar-refractivity contribution in [3.8, 4) is 0 Å². The largest absolute Gasteiger partial charge is 0.339 e. The minimum Gasteiger partial charge on any atom is -0.339 e. The van der Waals surface area contributed by atoms with Crippen LogP contribution in [0.15, 0.2) is 16.7 Å². The monoisotopic (exact) mass is 304 g/mol. The fraction of sp³-hybridized carbons (Fsp3) is 0.400. The van der Waals surface area contributed by atoms with E-state index in [9.17, 15) is 9.18 Å². The highest BCUT2D eigenvalue weighted by atomic mass is 19.1. The second-order valence-corrected chi connectivity index (χ2v) is 5.28. The van der Waals surface area contributed by atoms with E-state index < -0.39 is 0 Å². The zero-order valence-electron chi connectivity index (χ0n) is 12.3. The summed E-state index contributed by atoms with van der Waals surface area (Å²) in [4.78, 5) is 16.0. The molecule has 2 aromatic rings. The quantitative estimate of drug-likeness (QED) is 0.899. The Balaban J connectivity index is 1.64. The number of hydrogen-bond acceptors (Lipinski definition) is 5. The van der Waals surface area contributed by atoms with E-state index in [1.54, 1.807) is 13.0 Å². The summed E-state index contributed by atoms with van der Waals surface area (Å²) in [6, 6.07) is 3.46. The summed E-state index contributed by atoms with van der Waals surface area (Å²) < 4.78 is 19.3. The van der Waals surface area contributed by atoms with Crippen LogP contribution in [0.4, 0.5) is 10.1 Å². The maximum absolute atomic E-state index is 14.4. The van der Waals surface area contributed by atoms with Gasteiger partial charge in [-0.25, -0.2) is 4.39 Å². The van der Waals surface area contributed by atoms with E-state index in [1.165, 1.54) is 0 Å². The van der Waals surface area contributed by atoms with E-state index in [0.29, 0.717) is 36.7 Å². The van der Waals surface area contributed by atoms with Crippen LogP contribution in [0, 0.1) is 12.7 Å². The van der Waals surface area contributed by atoms with Crippen LogP contribution in [-0.2, 0) is 24.2 Å². The Kier molecular flexibility index (Phi) is 4.15. The molecule has 22 heavy (non-hydrogen) atoms. The molecule has 0 bridgehead atoms. The highest BCUT2D eigenvalue weighted by molar-refractivity contribution is 5.91. The zero-order valence-corrected chi connectivity index (χ0v) is 12.3. The summed E-state index contributed by atoms with van der Waals surface area (Å²) in [5, 5.41) is 9.46. The first kappa shape index (κ1) is 14.6. The van der Waals surface area contributed by atoms with Gasteiger partial charge in [-0.05, 0) is 37.1 Å². The molecule has 0 saturated heterocycles. The third-order valence-electron chi connectivity index (χ3n) is 3.62. The Labute approximate surface area is 127 Å². The number of carbonyl (C=O) groups is 1. The molecular weight excluding hydrogens is 287 g/mol. The number of hydrogen-bond donors (Lipinski definition) is 2. The number of aryl methyl sites for hydroxylation is 2. The Hall–Kier alpha value is -2.28. The first-order valence-corrected chi connectivity index (χ1v) is 7.23. The van der Waals surface area contributed by atoms with E-state index in [-0.39, 0.29) is 23.8 Å². The molecule has 2 N–H and O–H groups in total. The number of benzene rings is 1. The molecule has 0 spiro atoms. The first-order valence-electron chi connectivity index (χ1n) is 7.23. The normalized spacial score (nSPS) is 13.7. The summed E-state index contributed by atoms with van der Waals surface area (Å²) in [5.41, 5.74) is 1.86. The molecule has 0 aliphatic carbocycles. The Bertz CT molecular complexity index is 699. The van der Waals surface area contributed by atoms with Crippen molar-refractivity contribution in [2.45, 2.75) is 32.7 Å². The van der Waals surface area contributed by atoms with Gasteiger partial charge in [0.15, 0.2) is 5.82 Å². The predicted molar refractivity (Wildman–Crippen MR) is 77.8 cm³/mol. The molecule has 1 aliphatic rings. The lowest BCUT2D eigenvalue weighted by Gasteiger charge is -2.19. The van der Waals surface area contributed by atoms with Crippen molar-refractivity contribution in [1.29, 1.82) is 0 Å². The van der Waals surface area contributed by atoms with E-state index >= 15 is 0 Å². The lowest BCUT2D eigenvalue weighted by molar-refractivity contribution is -0.116. The van der Waals surface area contributed by atoms with Gasteiger partial charge in [0.25, 0.3) is 0 Å². The van der Waals surface area contributed by atoms with Gasteiger partial charge < -0.3 is 15.2 Å². The minimum absolute atomic E-state index is 0.166. The summed E-state index contributed by atoms with van der Waals surface area (Å²) in [7, 11) is 0. The third-order valence-corrected chi connectivity index (χ3v) is 3.62. The molecule has 6 nitrogen and oxygen atoms in total. The molecular formula is C15H17FN4O2. The average Bonchev–Trinajstić information content (AvgIpc) is 2.94. The van der Waals surface area contributed by atoms with Crippen molar-refractivity contribution in [1.82, 2.24) is 15.5 Å². The Morgan fingerprint density at radius 3 is 3.14 bits per heavy atom. The Morgan fingerprint density at radius 2 is 2.36 bits per heavy atom. The number of carbonyl (C=O) groups excluding carboxylic acids is 1. The lowest BCUT2D eigenvalue weighted by Crippen LogP contribution is -2.25. The number of nitrogens with one attached hydrogen (secondary N) is 2. The number of fused-ring (bicyclic) bond motifs is 1. The Morgan fingerprint density at radius 1 is 1.50 bits per heavy atom. The van der Waals surface area contributed by atoms with Crippen LogP contribution < -0.4 is 10.6 Å². The highest BCUT2D eigenvalue weighted by Crippen LogP contribution is 2.24. The van der Waals surface area contributed by atoms with Crippen LogP contribution in [0.5, 0.6) is 0 Å². The molecule has 1 amide bonds. The summed E-state index contributed by atoms with van der Waals surface area (Å²) >= 11 is 0. The number of rotatable bonds is 4. The molecule has 0 atom stereocenters. The SMILES string of the molecule is Cc1noc(CCC(=O)Nc2ccc3c(c2F)CCNC3)n1. The lowest BCUT2D eigenvalue weighted by atomic mass is 9.99. The topological polar surface area (TPSA) is 80.0 Å². The van der Waals surface area contributed by atoms with Gasteiger partial charge in [-0.3, -0.25) is 4.79 Å². The second-order valence-electron chi connectivity index (χ2n) is 5.28. The van der Waals surface area contributed by atoms with Crippen LogP contribution in [-0.4, -0.2) is 22.6 Å². The molecule has 3 rings (SSSR count). The van der Waals surface area contributed by atoms with Gasteiger partial charge in [0.1, 0.15) is 5.82 Å². The molecule has 1 aromatic heterocycles. The van der Waals surface area contributed by atoms with Crippen molar-refractivity contribution in [3.05, 3.63) is 40.8 Å². The summed E-state index contributed by atoms with van der Waals surface area (Å²) in [6.45, 7) is 3.12. The number of halogens is 1. The average molecular weight is 304 g/mol. The van der Waals surface area contributed by atoms with Crippen molar-refractivity contribution in [2.75, 3.05) is 11.9 Å². The smallest absolute Gasteiger partial charge is 0.227 e.